The van der Waals surface area contributed by atoms with E-state index in [0.717, 1.165) is 17.3 Å². The number of hydrogen-bond donors (Lipinski definition) is 3. The van der Waals surface area contributed by atoms with Crippen LogP contribution >= 0.6 is 24.0 Å². The van der Waals surface area contributed by atoms with Crippen LogP contribution in [0.4, 0.5) is 10.5 Å². The zero-order chi connectivity index (χ0) is 22.6. The van der Waals surface area contributed by atoms with Crippen molar-refractivity contribution in [2.24, 2.45) is 5.14 Å². The quantitative estimate of drug-likeness (QED) is 0.407. The third-order valence-corrected chi connectivity index (χ3v) is 6.16. The van der Waals surface area contributed by atoms with E-state index in [0.29, 0.717) is 27.1 Å². The van der Waals surface area contributed by atoms with Crippen molar-refractivity contribution in [2.45, 2.75) is 4.90 Å². The third-order valence-electron chi connectivity index (χ3n) is 3.95. The highest BCUT2D eigenvalue weighted by Gasteiger charge is 2.21. The van der Waals surface area contributed by atoms with Crippen molar-refractivity contribution in [1.29, 1.82) is 0 Å². The molecule has 0 unspecified atom stereocenters. The first-order valence-corrected chi connectivity index (χ1v) is 11.4. The maximum atomic E-state index is 12.1. The molecule has 1 heterocycles. The van der Waals surface area contributed by atoms with Gasteiger partial charge < -0.3 is 20.1 Å². The molecule has 2 amide bonds. The molecule has 1 aliphatic rings. The van der Waals surface area contributed by atoms with E-state index in [4.69, 9.17) is 26.8 Å². The third kappa shape index (κ3) is 6.04. The van der Waals surface area contributed by atoms with E-state index in [9.17, 15) is 18.0 Å². The zero-order valence-corrected chi connectivity index (χ0v) is 18.5. The van der Waals surface area contributed by atoms with Crippen molar-refractivity contribution < 1.29 is 27.5 Å². The number of ether oxygens (including phenoxy) is 2. The number of primary sulfonamides is 1. The average molecular weight is 480 g/mol. The van der Waals surface area contributed by atoms with E-state index < -0.39 is 15.9 Å². The van der Waals surface area contributed by atoms with Crippen LogP contribution in [-0.4, -0.2) is 38.3 Å². The molecule has 1 fully saturated rings. The van der Waals surface area contributed by atoms with Gasteiger partial charge in [0.1, 0.15) is 4.99 Å². The topological polar surface area (TPSA) is 137 Å². The van der Waals surface area contributed by atoms with Crippen LogP contribution in [-0.2, 0) is 14.8 Å². The molecule has 31 heavy (non-hydrogen) atoms. The summed E-state index contributed by atoms with van der Waals surface area (Å²) in [6.07, 6.45) is 1.75. The number of nitrogens with one attached hydrogen (secondary N) is 2. The fourth-order valence-corrected chi connectivity index (χ4v) is 4.08. The number of carbonyl (C=O) groups excluding carboxylic acids is 2. The summed E-state index contributed by atoms with van der Waals surface area (Å²) in [5.74, 6) is 0.293. The van der Waals surface area contributed by atoms with Gasteiger partial charge in [-0.05, 0) is 59.8 Å². The molecule has 0 spiro atoms. The molecule has 162 valence electrons. The van der Waals surface area contributed by atoms with Crippen LogP contribution in [0, 0.1) is 0 Å². The zero-order valence-electron chi connectivity index (χ0n) is 16.1. The van der Waals surface area contributed by atoms with Crippen molar-refractivity contribution in [1.82, 2.24) is 5.32 Å². The highest BCUT2D eigenvalue weighted by molar-refractivity contribution is 8.19. The van der Waals surface area contributed by atoms with Crippen molar-refractivity contribution in [3.05, 3.63) is 52.9 Å². The number of anilines is 1. The molecule has 0 atom stereocenters. The number of hydrogen-bond acceptors (Lipinski definition) is 8. The molecular weight excluding hydrogens is 462 g/mol. The van der Waals surface area contributed by atoms with Gasteiger partial charge in [-0.2, -0.15) is 0 Å². The summed E-state index contributed by atoms with van der Waals surface area (Å²) >= 11 is 6.10. The van der Waals surface area contributed by atoms with Gasteiger partial charge in [-0.1, -0.05) is 18.3 Å². The second-order valence-corrected chi connectivity index (χ2v) is 9.15. The minimum Gasteiger partial charge on any atom is -0.493 e. The van der Waals surface area contributed by atoms with E-state index in [2.05, 4.69) is 10.6 Å². The number of nitrogens with two attached hydrogens (primary N) is 1. The molecule has 2 aromatic carbocycles. The van der Waals surface area contributed by atoms with Crippen LogP contribution in [0.25, 0.3) is 6.08 Å². The Bertz CT molecular complexity index is 1180. The lowest BCUT2D eigenvalue weighted by molar-refractivity contribution is -0.118. The van der Waals surface area contributed by atoms with Gasteiger partial charge in [0.2, 0.25) is 10.0 Å². The Hall–Kier alpha value is -2.93. The normalized spacial score (nSPS) is 15.0. The van der Waals surface area contributed by atoms with Crippen LogP contribution in [0.5, 0.6) is 11.5 Å². The van der Waals surface area contributed by atoms with Crippen molar-refractivity contribution in [3.63, 3.8) is 0 Å². The molecule has 1 saturated heterocycles. The van der Waals surface area contributed by atoms with Gasteiger partial charge in [0, 0.05) is 5.69 Å². The molecule has 0 bridgehead atoms. The summed E-state index contributed by atoms with van der Waals surface area (Å²) in [6, 6.07) is 10.5. The first kappa shape index (κ1) is 22.7. The van der Waals surface area contributed by atoms with Crippen LogP contribution in [0.2, 0.25) is 0 Å². The number of sulfonamides is 1. The van der Waals surface area contributed by atoms with Crippen molar-refractivity contribution in [2.75, 3.05) is 19.0 Å². The first-order valence-electron chi connectivity index (χ1n) is 8.64. The molecule has 0 radical (unpaired) electrons. The predicted octanol–water partition coefficient (Wildman–Crippen LogP) is 2.48. The van der Waals surface area contributed by atoms with Gasteiger partial charge >= 0.3 is 0 Å². The molecule has 2 aromatic rings. The van der Waals surface area contributed by atoms with Gasteiger partial charge in [0.25, 0.3) is 11.1 Å². The number of rotatable bonds is 7. The molecule has 0 aliphatic carbocycles. The SMILES string of the molecule is COc1cc(/C=C2\SC(=O)NC2=S)ccc1OCC(=O)Nc1ccc(S(N)(=O)=O)cc1. The molecule has 0 saturated carbocycles. The standard InChI is InChI=1S/C19H17N3O6S3/c1-27-15-8-11(9-16-18(29)22-19(24)30-16)2-7-14(15)28-10-17(23)21-12-3-5-13(6-4-12)31(20,25)26/h2-9H,10H2,1H3,(H,21,23)(H2,20,25,26)(H,22,24,29)/b16-9-. The predicted molar refractivity (Wildman–Crippen MR) is 122 cm³/mol. The molecule has 0 aromatic heterocycles. The number of methoxy groups -OCH3 is 1. The maximum Gasteiger partial charge on any atom is 0.289 e. The highest BCUT2D eigenvalue weighted by atomic mass is 32.2. The van der Waals surface area contributed by atoms with E-state index in [1.165, 1.54) is 31.4 Å². The minimum absolute atomic E-state index is 0.0570. The molecule has 4 N–H and O–H groups in total. The molecule has 9 nitrogen and oxygen atoms in total. The fourth-order valence-electron chi connectivity index (χ4n) is 2.53. The Balaban J connectivity index is 1.63. The minimum atomic E-state index is -3.80. The largest absolute Gasteiger partial charge is 0.493 e. The second kappa shape index (κ2) is 9.47. The Morgan fingerprint density at radius 1 is 1.23 bits per heavy atom. The molecule has 12 heteroatoms. The lowest BCUT2D eigenvalue weighted by Gasteiger charge is -2.12. The summed E-state index contributed by atoms with van der Waals surface area (Å²) in [5, 5.41) is 9.94. The Morgan fingerprint density at radius 3 is 2.52 bits per heavy atom. The van der Waals surface area contributed by atoms with Gasteiger partial charge in [0.15, 0.2) is 18.1 Å². The summed E-state index contributed by atoms with van der Waals surface area (Å²) in [4.78, 5) is 24.5. The maximum absolute atomic E-state index is 12.1. The Labute approximate surface area is 188 Å². The van der Waals surface area contributed by atoms with E-state index in [1.54, 1.807) is 24.3 Å². The number of benzene rings is 2. The van der Waals surface area contributed by atoms with E-state index in [-0.39, 0.29) is 16.7 Å². The summed E-state index contributed by atoms with van der Waals surface area (Å²) in [5.41, 5.74) is 1.13. The van der Waals surface area contributed by atoms with E-state index in [1.807, 2.05) is 0 Å². The van der Waals surface area contributed by atoms with Crippen LogP contribution in [0.1, 0.15) is 5.56 Å². The van der Waals surface area contributed by atoms with Crippen LogP contribution < -0.4 is 25.2 Å². The molecule has 1 aliphatic heterocycles. The molecule has 3 rings (SSSR count). The summed E-state index contributed by atoms with van der Waals surface area (Å²) in [6.45, 7) is -0.300. The average Bonchev–Trinajstić information content (AvgIpc) is 3.03. The fraction of sp³-hybridized carbons (Fsp3) is 0.105. The number of amides is 2. The monoisotopic (exact) mass is 479 g/mol. The lowest BCUT2D eigenvalue weighted by atomic mass is 10.2. The van der Waals surface area contributed by atoms with Gasteiger partial charge in [-0.15, -0.1) is 0 Å². The lowest BCUT2D eigenvalue weighted by Crippen LogP contribution is -2.20. The highest BCUT2D eigenvalue weighted by Crippen LogP contribution is 2.31. The smallest absolute Gasteiger partial charge is 0.289 e. The van der Waals surface area contributed by atoms with Crippen molar-refractivity contribution >= 4 is 61.9 Å². The van der Waals surface area contributed by atoms with Gasteiger partial charge in [0.05, 0.1) is 16.9 Å². The van der Waals surface area contributed by atoms with Gasteiger partial charge in [-0.25, -0.2) is 13.6 Å². The first-order chi connectivity index (χ1) is 14.7. The number of carbonyl (C=O) groups is 2. The van der Waals surface area contributed by atoms with Gasteiger partial charge in [-0.3, -0.25) is 9.59 Å². The summed E-state index contributed by atoms with van der Waals surface area (Å²) in [7, 11) is -2.34. The van der Waals surface area contributed by atoms with E-state index >= 15 is 0 Å². The number of thioether (sulfide) groups is 1. The molecular formula is C19H17N3O6S3. The van der Waals surface area contributed by atoms with Crippen molar-refractivity contribution in [3.8, 4) is 11.5 Å². The van der Waals surface area contributed by atoms with Crippen LogP contribution in [0.3, 0.4) is 0 Å². The Kier molecular flexibility index (Phi) is 6.95. The number of thiocarbonyl (C=S) groups is 1. The summed E-state index contributed by atoms with van der Waals surface area (Å²) < 4.78 is 33.4. The second-order valence-electron chi connectivity index (χ2n) is 6.17. The Morgan fingerprint density at radius 2 is 1.94 bits per heavy atom. The van der Waals surface area contributed by atoms with Crippen LogP contribution in [0.15, 0.2) is 52.3 Å².